The highest BCUT2D eigenvalue weighted by Crippen LogP contribution is 2.45. The van der Waals surface area contributed by atoms with Crippen LogP contribution in [0.5, 0.6) is 11.5 Å². The molecule has 2 aromatic carbocycles. The van der Waals surface area contributed by atoms with Crippen LogP contribution in [0.1, 0.15) is 46.1 Å². The third kappa shape index (κ3) is 3.69. The van der Waals surface area contributed by atoms with Gasteiger partial charge in [0.25, 0.3) is 0 Å². The summed E-state index contributed by atoms with van der Waals surface area (Å²) in [6, 6.07) is 10.4. The third-order valence-electron chi connectivity index (χ3n) is 5.66. The maximum atomic E-state index is 12.9. The van der Waals surface area contributed by atoms with Gasteiger partial charge in [0.2, 0.25) is 18.0 Å². The Morgan fingerprint density at radius 3 is 2.55 bits per heavy atom. The first-order valence-electron chi connectivity index (χ1n) is 10.0. The molecule has 8 nitrogen and oxygen atoms in total. The molecule has 2 aliphatic heterocycles. The van der Waals surface area contributed by atoms with E-state index >= 15 is 0 Å². The van der Waals surface area contributed by atoms with Crippen molar-refractivity contribution in [2.45, 2.75) is 38.6 Å². The number of methoxy groups -OCH3 is 2. The Morgan fingerprint density at radius 1 is 1.13 bits per heavy atom. The van der Waals surface area contributed by atoms with Crippen molar-refractivity contribution in [1.82, 2.24) is 10.2 Å². The van der Waals surface area contributed by atoms with Crippen LogP contribution in [-0.2, 0) is 20.9 Å². The first-order chi connectivity index (χ1) is 14.9. The number of hydrogen-bond donors (Lipinski definition) is 1. The van der Waals surface area contributed by atoms with Crippen LogP contribution in [0.4, 0.5) is 0 Å². The van der Waals surface area contributed by atoms with Gasteiger partial charge in [-0.25, -0.2) is 4.79 Å². The Hall–Kier alpha value is -3.55. The second kappa shape index (κ2) is 8.29. The molecule has 2 aliphatic rings. The number of hydrogen-bond acceptors (Lipinski definition) is 6. The Balaban J connectivity index is 1.57. The molecule has 2 heterocycles. The Kier molecular flexibility index (Phi) is 5.54. The van der Waals surface area contributed by atoms with Gasteiger partial charge < -0.3 is 19.5 Å². The molecule has 0 aliphatic carbocycles. The van der Waals surface area contributed by atoms with Gasteiger partial charge in [0, 0.05) is 18.5 Å². The van der Waals surface area contributed by atoms with Gasteiger partial charge in [-0.1, -0.05) is 29.8 Å². The molecule has 0 radical (unpaired) electrons. The molecule has 1 N–H and O–H groups in total. The number of nitrogens with zero attached hydrogens (tertiary/aromatic N) is 1. The monoisotopic (exact) mass is 424 g/mol. The van der Waals surface area contributed by atoms with Gasteiger partial charge >= 0.3 is 5.97 Å². The number of carbonyl (C=O) groups is 3. The van der Waals surface area contributed by atoms with Crippen molar-refractivity contribution in [2.75, 3.05) is 14.2 Å². The second-order valence-corrected chi connectivity index (χ2v) is 7.58. The lowest BCUT2D eigenvalue weighted by Crippen LogP contribution is -2.46. The molecule has 0 bridgehead atoms. The minimum Gasteiger partial charge on any atom is -0.493 e. The summed E-state index contributed by atoms with van der Waals surface area (Å²) >= 11 is 0. The van der Waals surface area contributed by atoms with Gasteiger partial charge in [0.15, 0.2) is 11.5 Å². The molecule has 1 unspecified atom stereocenters. The molecule has 2 atom stereocenters. The largest absolute Gasteiger partial charge is 0.493 e. The van der Waals surface area contributed by atoms with E-state index in [1.807, 2.05) is 31.2 Å². The number of carbonyl (C=O) groups excluding carboxylic acids is 3. The van der Waals surface area contributed by atoms with Crippen LogP contribution in [0.3, 0.4) is 0 Å². The molecule has 0 aromatic heterocycles. The molecule has 1 fully saturated rings. The summed E-state index contributed by atoms with van der Waals surface area (Å²) in [5, 5.41) is 2.89. The average Bonchev–Trinajstić information content (AvgIpc) is 3.32. The predicted molar refractivity (Wildman–Crippen MR) is 111 cm³/mol. The number of cyclic esters (lactones) is 1. The van der Waals surface area contributed by atoms with Crippen LogP contribution in [0.25, 0.3) is 0 Å². The van der Waals surface area contributed by atoms with Gasteiger partial charge in [0.1, 0.15) is 11.6 Å². The lowest BCUT2D eigenvalue weighted by molar-refractivity contribution is -0.145. The first kappa shape index (κ1) is 20.7. The molecule has 2 aromatic rings. The number of amides is 2. The molecule has 1 saturated heterocycles. The summed E-state index contributed by atoms with van der Waals surface area (Å²) in [5.41, 5.74) is 2.79. The number of ether oxygens (including phenoxy) is 3. The molecule has 0 saturated carbocycles. The predicted octanol–water partition coefficient (Wildman–Crippen LogP) is 2.49. The van der Waals surface area contributed by atoms with Crippen molar-refractivity contribution < 1.29 is 28.6 Å². The van der Waals surface area contributed by atoms with E-state index in [2.05, 4.69) is 5.32 Å². The van der Waals surface area contributed by atoms with E-state index < -0.39 is 18.2 Å². The number of aryl methyl sites for hydroxylation is 1. The van der Waals surface area contributed by atoms with Crippen molar-refractivity contribution >= 4 is 17.8 Å². The quantitative estimate of drug-likeness (QED) is 0.716. The Labute approximate surface area is 180 Å². The summed E-state index contributed by atoms with van der Waals surface area (Å²) in [5.74, 6) is -0.500. The Morgan fingerprint density at radius 2 is 1.87 bits per heavy atom. The van der Waals surface area contributed by atoms with Crippen molar-refractivity contribution in [3.05, 3.63) is 58.7 Å². The van der Waals surface area contributed by atoms with Crippen molar-refractivity contribution in [3.63, 3.8) is 0 Å². The molecule has 4 rings (SSSR count). The second-order valence-electron chi connectivity index (χ2n) is 7.58. The van der Waals surface area contributed by atoms with E-state index in [1.165, 1.54) is 19.1 Å². The molecule has 162 valence electrons. The Bertz CT molecular complexity index is 1030. The van der Waals surface area contributed by atoms with Gasteiger partial charge in [0.05, 0.1) is 14.2 Å². The van der Waals surface area contributed by atoms with Crippen LogP contribution in [0.2, 0.25) is 0 Å². The van der Waals surface area contributed by atoms with Crippen molar-refractivity contribution in [2.24, 2.45) is 0 Å². The summed E-state index contributed by atoms with van der Waals surface area (Å²) in [7, 11) is 2.90. The van der Waals surface area contributed by atoms with Crippen LogP contribution in [0.15, 0.2) is 36.4 Å². The minimum atomic E-state index is -0.979. The van der Waals surface area contributed by atoms with E-state index in [0.717, 1.165) is 11.1 Å². The zero-order valence-corrected chi connectivity index (χ0v) is 17.6. The van der Waals surface area contributed by atoms with Crippen LogP contribution in [-0.4, -0.2) is 42.9 Å². The zero-order chi connectivity index (χ0) is 22.1. The molecule has 0 spiro atoms. The summed E-state index contributed by atoms with van der Waals surface area (Å²) in [4.78, 5) is 39.6. The smallest absolute Gasteiger partial charge is 0.344 e. The minimum absolute atomic E-state index is 0.208. The van der Waals surface area contributed by atoms with Crippen molar-refractivity contribution in [3.8, 4) is 11.5 Å². The van der Waals surface area contributed by atoms with Crippen LogP contribution < -0.4 is 14.8 Å². The fraction of sp³-hybridized carbons (Fsp3) is 0.348. The normalized spacial score (nSPS) is 19.8. The van der Waals surface area contributed by atoms with Gasteiger partial charge in [-0.2, -0.15) is 0 Å². The number of rotatable bonds is 6. The number of fused-ring (bicyclic) bond motifs is 1. The lowest BCUT2D eigenvalue weighted by atomic mass is 10.0. The fourth-order valence-electron chi connectivity index (χ4n) is 4.06. The number of esters is 1. The summed E-state index contributed by atoms with van der Waals surface area (Å²) < 4.78 is 16.1. The number of likely N-dealkylation sites (tertiary alicyclic amines) is 1. The zero-order valence-electron chi connectivity index (χ0n) is 17.6. The summed E-state index contributed by atoms with van der Waals surface area (Å²) in [6.07, 6.45) is -0.415. The van der Waals surface area contributed by atoms with E-state index in [1.54, 1.807) is 12.1 Å². The highest BCUT2D eigenvalue weighted by atomic mass is 16.6. The first-order valence-corrected chi connectivity index (χ1v) is 10.0. The average molecular weight is 424 g/mol. The van der Waals surface area contributed by atoms with E-state index in [0.29, 0.717) is 24.3 Å². The molecule has 2 amide bonds. The van der Waals surface area contributed by atoms with E-state index in [9.17, 15) is 14.4 Å². The van der Waals surface area contributed by atoms with Gasteiger partial charge in [-0.15, -0.1) is 0 Å². The lowest BCUT2D eigenvalue weighted by Gasteiger charge is -2.29. The molecule has 8 heteroatoms. The SMILES string of the molecule is COc1ccc2c(c1OC)C(=O)OC2N1C(=O)CC[C@H]1C(=O)NCc1ccc(C)cc1. The maximum Gasteiger partial charge on any atom is 0.344 e. The standard InChI is InChI=1S/C23H24N2O6/c1-13-4-6-14(7-5-13)12-24-21(27)16-9-11-18(26)25(16)22-15-8-10-17(29-2)20(30-3)19(15)23(28)31-22/h4-8,10,16,22H,9,11-12H2,1-3H3,(H,24,27)/t16-,22?/m0/s1. The van der Waals surface area contributed by atoms with Crippen LogP contribution in [0, 0.1) is 6.92 Å². The van der Waals surface area contributed by atoms with E-state index in [-0.39, 0.29) is 29.5 Å². The van der Waals surface area contributed by atoms with Gasteiger partial charge in [-0.05, 0) is 31.0 Å². The highest BCUT2D eigenvalue weighted by molar-refractivity contribution is 5.99. The fourth-order valence-corrected chi connectivity index (χ4v) is 4.06. The van der Waals surface area contributed by atoms with Crippen molar-refractivity contribution in [1.29, 1.82) is 0 Å². The topological polar surface area (TPSA) is 94.2 Å². The van der Waals surface area contributed by atoms with Gasteiger partial charge in [-0.3, -0.25) is 14.5 Å². The molecular weight excluding hydrogens is 400 g/mol. The number of nitrogens with one attached hydrogen (secondary N) is 1. The highest BCUT2D eigenvalue weighted by Gasteiger charge is 2.47. The van der Waals surface area contributed by atoms with Crippen LogP contribution >= 0.6 is 0 Å². The van der Waals surface area contributed by atoms with E-state index in [4.69, 9.17) is 14.2 Å². The number of benzene rings is 2. The third-order valence-corrected chi connectivity index (χ3v) is 5.66. The molecular formula is C23H24N2O6. The maximum absolute atomic E-state index is 12.9. The summed E-state index contributed by atoms with van der Waals surface area (Å²) in [6.45, 7) is 2.35. The molecule has 31 heavy (non-hydrogen) atoms.